The van der Waals surface area contributed by atoms with E-state index in [-0.39, 0.29) is 5.91 Å². The zero-order valence-electron chi connectivity index (χ0n) is 10.7. The highest BCUT2D eigenvalue weighted by molar-refractivity contribution is 7.99. The minimum atomic E-state index is 0.234. The van der Waals surface area contributed by atoms with Crippen LogP contribution in [0.3, 0.4) is 0 Å². The molecule has 0 spiro atoms. The summed E-state index contributed by atoms with van der Waals surface area (Å²) in [4.78, 5) is 11.9. The molecule has 1 saturated carbocycles. The number of rotatable bonds is 6. The average Bonchev–Trinajstić information content (AvgIpc) is 3.13. The molecular weight excluding hydrogens is 232 g/mol. The number of hydrogen-bond donors (Lipinski definition) is 2. The summed E-state index contributed by atoms with van der Waals surface area (Å²) in [6.07, 6.45) is 5.64. The molecule has 1 aliphatic carbocycles. The molecule has 1 aliphatic heterocycles. The zero-order valence-corrected chi connectivity index (χ0v) is 11.5. The van der Waals surface area contributed by atoms with Gasteiger partial charge in [0.05, 0.1) is 0 Å². The molecule has 1 amide bonds. The summed E-state index contributed by atoms with van der Waals surface area (Å²) >= 11 is 1.95. The van der Waals surface area contributed by atoms with E-state index >= 15 is 0 Å². The molecule has 0 bridgehead atoms. The fraction of sp³-hybridized carbons (Fsp3) is 0.923. The molecule has 0 aromatic carbocycles. The van der Waals surface area contributed by atoms with Crippen LogP contribution in [-0.2, 0) is 4.79 Å². The number of carbonyl (C=O) groups excluding carboxylic acids is 1. The Balaban J connectivity index is 1.66. The van der Waals surface area contributed by atoms with E-state index in [0.717, 1.165) is 24.6 Å². The first-order valence-corrected chi connectivity index (χ1v) is 8.04. The van der Waals surface area contributed by atoms with Crippen molar-refractivity contribution in [3.8, 4) is 0 Å². The van der Waals surface area contributed by atoms with Crippen molar-refractivity contribution < 1.29 is 4.79 Å². The van der Waals surface area contributed by atoms with Crippen molar-refractivity contribution in [2.24, 2.45) is 5.92 Å². The number of thioether (sulfide) groups is 1. The first-order chi connectivity index (χ1) is 8.28. The zero-order chi connectivity index (χ0) is 12.1. The summed E-state index contributed by atoms with van der Waals surface area (Å²) in [6.45, 7) is 3.21. The van der Waals surface area contributed by atoms with Crippen molar-refractivity contribution in [3.05, 3.63) is 0 Å². The molecule has 98 valence electrons. The van der Waals surface area contributed by atoms with E-state index in [4.69, 9.17) is 0 Å². The van der Waals surface area contributed by atoms with Gasteiger partial charge in [0.1, 0.15) is 0 Å². The van der Waals surface area contributed by atoms with Crippen molar-refractivity contribution in [2.45, 2.75) is 51.1 Å². The molecule has 17 heavy (non-hydrogen) atoms. The van der Waals surface area contributed by atoms with Gasteiger partial charge in [0.25, 0.3) is 0 Å². The summed E-state index contributed by atoms with van der Waals surface area (Å²) in [5.74, 6) is 3.38. The van der Waals surface area contributed by atoms with E-state index < -0.39 is 0 Å². The largest absolute Gasteiger partial charge is 0.353 e. The van der Waals surface area contributed by atoms with E-state index in [1.54, 1.807) is 0 Å². The van der Waals surface area contributed by atoms with Crippen LogP contribution in [0.4, 0.5) is 0 Å². The number of hydrogen-bond acceptors (Lipinski definition) is 3. The lowest BCUT2D eigenvalue weighted by Gasteiger charge is -2.24. The SMILES string of the molecule is CCC(CC1CC1)NC(=O)CC1CSCCN1. The van der Waals surface area contributed by atoms with Gasteiger partial charge < -0.3 is 10.6 Å². The van der Waals surface area contributed by atoms with E-state index in [1.165, 1.54) is 25.0 Å². The Morgan fingerprint density at radius 1 is 1.53 bits per heavy atom. The monoisotopic (exact) mass is 256 g/mol. The van der Waals surface area contributed by atoms with Gasteiger partial charge in [0.2, 0.25) is 5.91 Å². The van der Waals surface area contributed by atoms with Crippen molar-refractivity contribution in [1.82, 2.24) is 10.6 Å². The second kappa shape index (κ2) is 6.64. The molecule has 4 heteroatoms. The topological polar surface area (TPSA) is 41.1 Å². The first kappa shape index (κ1) is 13.2. The highest BCUT2D eigenvalue weighted by Gasteiger charge is 2.26. The molecule has 1 heterocycles. The van der Waals surface area contributed by atoms with Gasteiger partial charge in [-0.2, -0.15) is 11.8 Å². The smallest absolute Gasteiger partial charge is 0.221 e. The summed E-state index contributed by atoms with van der Waals surface area (Å²) < 4.78 is 0. The minimum absolute atomic E-state index is 0.234. The van der Waals surface area contributed by atoms with Crippen LogP contribution in [0.25, 0.3) is 0 Å². The van der Waals surface area contributed by atoms with Crippen molar-refractivity contribution in [3.63, 3.8) is 0 Å². The van der Waals surface area contributed by atoms with Crippen LogP contribution in [0.15, 0.2) is 0 Å². The molecule has 2 N–H and O–H groups in total. The maximum atomic E-state index is 11.9. The third-order valence-corrected chi connectivity index (χ3v) is 4.73. The predicted octanol–water partition coefficient (Wildman–Crippen LogP) is 1.78. The molecule has 0 radical (unpaired) electrons. The highest BCUT2D eigenvalue weighted by Crippen LogP contribution is 2.34. The summed E-state index contributed by atoms with van der Waals surface area (Å²) in [7, 11) is 0. The molecule has 2 aliphatic rings. The molecule has 0 aromatic heterocycles. The van der Waals surface area contributed by atoms with Gasteiger partial charge in [-0.15, -0.1) is 0 Å². The lowest BCUT2D eigenvalue weighted by Crippen LogP contribution is -2.43. The normalized spacial score (nSPS) is 26.5. The van der Waals surface area contributed by atoms with E-state index in [1.807, 2.05) is 11.8 Å². The standard InChI is InChI=1S/C13H24N2OS/c1-2-11(7-10-3-4-10)15-13(16)8-12-9-17-6-5-14-12/h10-12,14H,2-9H2,1H3,(H,15,16). The van der Waals surface area contributed by atoms with Gasteiger partial charge in [-0.3, -0.25) is 4.79 Å². The van der Waals surface area contributed by atoms with Crippen LogP contribution in [0.1, 0.15) is 39.0 Å². The lowest BCUT2D eigenvalue weighted by molar-refractivity contribution is -0.122. The molecule has 2 rings (SSSR count). The lowest BCUT2D eigenvalue weighted by atomic mass is 10.1. The first-order valence-electron chi connectivity index (χ1n) is 6.88. The molecule has 3 nitrogen and oxygen atoms in total. The van der Waals surface area contributed by atoms with E-state index in [9.17, 15) is 4.79 Å². The second-order valence-electron chi connectivity index (χ2n) is 5.28. The summed E-state index contributed by atoms with van der Waals surface area (Å²) in [5, 5.41) is 6.61. The van der Waals surface area contributed by atoms with E-state index in [0.29, 0.717) is 18.5 Å². The predicted molar refractivity (Wildman–Crippen MR) is 73.3 cm³/mol. The number of amides is 1. The van der Waals surface area contributed by atoms with Crippen LogP contribution in [-0.4, -0.2) is 36.0 Å². The Hall–Kier alpha value is -0.220. The van der Waals surface area contributed by atoms with Crippen LogP contribution in [0, 0.1) is 5.92 Å². The fourth-order valence-corrected chi connectivity index (χ4v) is 3.29. The van der Waals surface area contributed by atoms with Crippen LogP contribution in [0.5, 0.6) is 0 Å². The van der Waals surface area contributed by atoms with Gasteiger partial charge in [-0.1, -0.05) is 19.8 Å². The van der Waals surface area contributed by atoms with Crippen LogP contribution < -0.4 is 10.6 Å². The third-order valence-electron chi connectivity index (χ3n) is 3.60. The molecule has 2 unspecified atom stereocenters. The Bertz CT molecular complexity index is 250. The second-order valence-corrected chi connectivity index (χ2v) is 6.43. The molecule has 2 fully saturated rings. The maximum Gasteiger partial charge on any atom is 0.221 e. The van der Waals surface area contributed by atoms with Gasteiger partial charge in [-0.05, 0) is 18.8 Å². The van der Waals surface area contributed by atoms with E-state index in [2.05, 4.69) is 17.6 Å². The average molecular weight is 256 g/mol. The number of carbonyl (C=O) groups is 1. The Morgan fingerprint density at radius 2 is 2.35 bits per heavy atom. The molecule has 0 aromatic rings. The van der Waals surface area contributed by atoms with Gasteiger partial charge >= 0.3 is 0 Å². The van der Waals surface area contributed by atoms with Crippen LogP contribution >= 0.6 is 11.8 Å². The Labute approximate surface area is 108 Å². The fourth-order valence-electron chi connectivity index (χ4n) is 2.34. The maximum absolute atomic E-state index is 11.9. The molecule has 2 atom stereocenters. The molecular formula is C13H24N2OS. The highest BCUT2D eigenvalue weighted by atomic mass is 32.2. The van der Waals surface area contributed by atoms with Gasteiger partial charge in [-0.25, -0.2) is 0 Å². The Morgan fingerprint density at radius 3 is 2.94 bits per heavy atom. The Kier molecular flexibility index (Phi) is 5.16. The third kappa shape index (κ3) is 4.88. The van der Waals surface area contributed by atoms with Gasteiger partial charge in [0.15, 0.2) is 0 Å². The summed E-state index contributed by atoms with van der Waals surface area (Å²) in [5.41, 5.74) is 0. The molecule has 1 saturated heterocycles. The van der Waals surface area contributed by atoms with Crippen molar-refractivity contribution in [1.29, 1.82) is 0 Å². The quantitative estimate of drug-likeness (QED) is 0.761. The number of nitrogens with one attached hydrogen (secondary N) is 2. The van der Waals surface area contributed by atoms with Crippen LogP contribution in [0.2, 0.25) is 0 Å². The van der Waals surface area contributed by atoms with Crippen molar-refractivity contribution >= 4 is 17.7 Å². The summed E-state index contributed by atoms with van der Waals surface area (Å²) in [6, 6.07) is 0.790. The van der Waals surface area contributed by atoms with Crippen molar-refractivity contribution in [2.75, 3.05) is 18.1 Å². The van der Waals surface area contributed by atoms with Gasteiger partial charge in [0, 0.05) is 36.6 Å². The minimum Gasteiger partial charge on any atom is -0.353 e.